The lowest BCUT2D eigenvalue weighted by molar-refractivity contribution is -0.232. The molecule has 0 radical (unpaired) electrons. The number of nitrogens with zero attached hydrogens (tertiary/aromatic N) is 2. The summed E-state index contributed by atoms with van der Waals surface area (Å²) in [5, 5.41) is 0. The maximum absolute atomic E-state index is 13.6. The Kier molecular flexibility index (Phi) is 3.66. The predicted octanol–water partition coefficient (Wildman–Crippen LogP) is 3.64. The molecule has 1 spiro atoms. The number of fused-ring (bicyclic) bond motifs is 3. The number of rotatable bonds is 1. The van der Waals surface area contributed by atoms with Crippen molar-refractivity contribution in [1.82, 2.24) is 9.97 Å². The van der Waals surface area contributed by atoms with Crippen molar-refractivity contribution in [2.75, 3.05) is 13.2 Å². The van der Waals surface area contributed by atoms with E-state index in [9.17, 15) is 4.39 Å². The van der Waals surface area contributed by atoms with E-state index in [2.05, 4.69) is 11.9 Å². The van der Waals surface area contributed by atoms with Gasteiger partial charge in [0.15, 0.2) is 5.79 Å². The van der Waals surface area contributed by atoms with Gasteiger partial charge < -0.3 is 9.47 Å². The Bertz CT molecular complexity index is 819. The van der Waals surface area contributed by atoms with Crippen molar-refractivity contribution in [1.29, 1.82) is 0 Å². The normalized spacial score (nSPS) is 32.2. The van der Waals surface area contributed by atoms with Crippen molar-refractivity contribution in [2.24, 2.45) is 11.8 Å². The van der Waals surface area contributed by atoms with Crippen LogP contribution in [0.2, 0.25) is 0 Å². The molecular weight excluding hydrogens is 331 g/mol. The van der Waals surface area contributed by atoms with Crippen LogP contribution >= 0.6 is 0 Å². The molecule has 0 amide bonds. The molecule has 0 unspecified atom stereocenters. The van der Waals surface area contributed by atoms with Gasteiger partial charge in [-0.05, 0) is 48.4 Å². The molecule has 3 atom stereocenters. The van der Waals surface area contributed by atoms with Crippen LogP contribution in [0, 0.1) is 17.7 Å². The number of aryl methyl sites for hydroxylation is 1. The molecule has 5 rings (SSSR count). The van der Waals surface area contributed by atoms with E-state index in [1.165, 1.54) is 5.56 Å². The summed E-state index contributed by atoms with van der Waals surface area (Å²) in [4.78, 5) is 8.98. The minimum absolute atomic E-state index is 0.205. The fourth-order valence-corrected chi connectivity index (χ4v) is 5.68. The molecule has 0 N–H and O–H groups in total. The van der Waals surface area contributed by atoms with Gasteiger partial charge in [0.25, 0.3) is 0 Å². The van der Waals surface area contributed by atoms with E-state index in [0.717, 1.165) is 36.9 Å². The first kappa shape index (κ1) is 16.3. The number of benzene rings is 1. The lowest BCUT2D eigenvalue weighted by atomic mass is 9.52. The van der Waals surface area contributed by atoms with E-state index in [0.29, 0.717) is 19.1 Å². The summed E-state index contributed by atoms with van der Waals surface area (Å²) in [6.45, 7) is 3.58. The molecule has 26 heavy (non-hydrogen) atoms. The van der Waals surface area contributed by atoms with Gasteiger partial charge in [-0.1, -0.05) is 19.1 Å². The zero-order chi connectivity index (χ0) is 17.8. The lowest BCUT2D eigenvalue weighted by Crippen LogP contribution is -2.57. The maximum Gasteiger partial charge on any atom is 0.171 e. The molecule has 5 heteroatoms. The third-order valence-electron chi connectivity index (χ3n) is 6.87. The van der Waals surface area contributed by atoms with Gasteiger partial charge in [0.2, 0.25) is 0 Å². The minimum Gasteiger partial charge on any atom is -0.347 e. The Balaban J connectivity index is 1.69. The molecule has 1 saturated heterocycles. The van der Waals surface area contributed by atoms with Gasteiger partial charge in [-0.2, -0.15) is 0 Å². The van der Waals surface area contributed by atoms with Crippen molar-refractivity contribution in [3.8, 4) is 0 Å². The first-order valence-corrected chi connectivity index (χ1v) is 9.49. The van der Waals surface area contributed by atoms with E-state index in [1.807, 2.05) is 18.3 Å². The third kappa shape index (κ3) is 2.13. The highest BCUT2D eigenvalue weighted by Gasteiger charge is 2.59. The smallest absolute Gasteiger partial charge is 0.171 e. The number of hydrogen-bond acceptors (Lipinski definition) is 4. The van der Waals surface area contributed by atoms with Crippen molar-refractivity contribution >= 4 is 0 Å². The molecule has 136 valence electrons. The summed E-state index contributed by atoms with van der Waals surface area (Å²) in [5.74, 6) is -0.101. The molecule has 1 saturated carbocycles. The molecule has 4 nitrogen and oxygen atoms in total. The second-order valence-corrected chi connectivity index (χ2v) is 7.82. The Labute approximate surface area is 152 Å². The average molecular weight is 354 g/mol. The molecule has 1 aromatic heterocycles. The molecule has 2 heterocycles. The highest BCUT2D eigenvalue weighted by atomic mass is 19.1. The first-order chi connectivity index (χ1) is 12.7. The molecule has 0 bridgehead atoms. The number of ether oxygens (including phenoxy) is 2. The monoisotopic (exact) mass is 354 g/mol. The topological polar surface area (TPSA) is 44.2 Å². The summed E-state index contributed by atoms with van der Waals surface area (Å²) in [7, 11) is 0. The van der Waals surface area contributed by atoms with Crippen LogP contribution in [0.15, 0.2) is 36.8 Å². The zero-order valence-electron chi connectivity index (χ0n) is 15.0. The summed E-state index contributed by atoms with van der Waals surface area (Å²) >= 11 is 0. The predicted molar refractivity (Wildman–Crippen MR) is 94.1 cm³/mol. The maximum atomic E-state index is 13.6. The molecule has 3 aliphatic rings. The van der Waals surface area contributed by atoms with Crippen molar-refractivity contribution < 1.29 is 13.9 Å². The van der Waals surface area contributed by atoms with Crippen LogP contribution in [0.1, 0.15) is 43.0 Å². The second-order valence-electron chi connectivity index (χ2n) is 7.82. The fourth-order valence-electron chi connectivity index (χ4n) is 5.68. The Morgan fingerprint density at radius 3 is 2.65 bits per heavy atom. The third-order valence-corrected chi connectivity index (χ3v) is 6.87. The summed E-state index contributed by atoms with van der Waals surface area (Å²) in [5.41, 5.74) is 3.23. The van der Waals surface area contributed by atoms with Crippen molar-refractivity contribution in [2.45, 2.75) is 43.8 Å². The summed E-state index contributed by atoms with van der Waals surface area (Å²) < 4.78 is 25.9. The van der Waals surface area contributed by atoms with Gasteiger partial charge >= 0.3 is 0 Å². The van der Waals surface area contributed by atoms with Gasteiger partial charge in [0.05, 0.1) is 18.9 Å². The quantitative estimate of drug-likeness (QED) is 0.784. The van der Waals surface area contributed by atoms with Crippen LogP contribution < -0.4 is 0 Å². The number of hydrogen-bond donors (Lipinski definition) is 0. The van der Waals surface area contributed by atoms with E-state index >= 15 is 0 Å². The van der Waals surface area contributed by atoms with E-state index < -0.39 is 5.79 Å². The standard InChI is InChI=1S/C21H23FN2O2/c1-14-18-7-2-15-12-23-13-24-19(15)20(18,16-3-5-17(22)6-4-16)8-9-21(14)25-10-11-26-21/h3-6,12-14,18H,2,7-11H2,1H3/t14-,18-,20+/m0/s1. The zero-order valence-corrected chi connectivity index (χ0v) is 15.0. The van der Waals surface area contributed by atoms with E-state index in [-0.39, 0.29) is 17.2 Å². The molecule has 2 aliphatic carbocycles. The van der Waals surface area contributed by atoms with E-state index in [1.54, 1.807) is 18.5 Å². The Hall–Kier alpha value is -1.85. The van der Waals surface area contributed by atoms with E-state index in [4.69, 9.17) is 14.5 Å². The highest BCUT2D eigenvalue weighted by molar-refractivity contribution is 5.44. The second kappa shape index (κ2) is 5.83. The van der Waals surface area contributed by atoms with Crippen LogP contribution in [-0.2, 0) is 21.3 Å². The molecular formula is C21H23FN2O2. The number of halogens is 1. The highest BCUT2D eigenvalue weighted by Crippen LogP contribution is 2.59. The molecule has 1 aliphatic heterocycles. The van der Waals surface area contributed by atoms with Crippen LogP contribution in [0.4, 0.5) is 4.39 Å². The van der Waals surface area contributed by atoms with Gasteiger partial charge in [-0.25, -0.2) is 14.4 Å². The largest absolute Gasteiger partial charge is 0.347 e. The van der Waals surface area contributed by atoms with Crippen LogP contribution in [-0.4, -0.2) is 29.0 Å². The lowest BCUT2D eigenvalue weighted by Gasteiger charge is -2.55. The Morgan fingerprint density at radius 1 is 1.12 bits per heavy atom. The summed E-state index contributed by atoms with van der Waals surface area (Å²) in [6.07, 6.45) is 7.30. The molecule has 1 aromatic carbocycles. The molecule has 2 aromatic rings. The minimum atomic E-state index is -0.473. The van der Waals surface area contributed by atoms with Crippen LogP contribution in [0.25, 0.3) is 0 Å². The first-order valence-electron chi connectivity index (χ1n) is 9.49. The average Bonchev–Trinajstić information content (AvgIpc) is 3.15. The van der Waals surface area contributed by atoms with Crippen molar-refractivity contribution in [3.05, 3.63) is 59.4 Å². The van der Waals surface area contributed by atoms with Crippen LogP contribution in [0.5, 0.6) is 0 Å². The molecule has 2 fully saturated rings. The summed E-state index contributed by atoms with van der Waals surface area (Å²) in [6, 6.07) is 6.99. The van der Waals surface area contributed by atoms with Crippen molar-refractivity contribution in [3.63, 3.8) is 0 Å². The SMILES string of the molecule is C[C@H]1[C@@H]2CCc3cncnc3[C@@]2(c2ccc(F)cc2)CCC12OCCO2. The van der Waals surface area contributed by atoms with Gasteiger partial charge in [-0.15, -0.1) is 0 Å². The van der Waals surface area contributed by atoms with Gasteiger partial charge in [0.1, 0.15) is 12.1 Å². The number of aromatic nitrogens is 2. The van der Waals surface area contributed by atoms with Crippen LogP contribution in [0.3, 0.4) is 0 Å². The Morgan fingerprint density at radius 2 is 1.88 bits per heavy atom. The fraction of sp³-hybridized carbons (Fsp3) is 0.524. The van der Waals surface area contributed by atoms with Gasteiger partial charge in [-0.3, -0.25) is 0 Å². The van der Waals surface area contributed by atoms with Gasteiger partial charge in [0, 0.05) is 24.0 Å².